The Morgan fingerprint density at radius 2 is 1.82 bits per heavy atom. The Morgan fingerprint density at radius 1 is 0.971 bits per heavy atom. The fourth-order valence-electron chi connectivity index (χ4n) is 6.32. The Kier molecular flexibility index (Phi) is 5.21. The van der Waals surface area contributed by atoms with Crippen molar-refractivity contribution >= 4 is 22.5 Å². The molecule has 0 spiro atoms. The largest absolute Gasteiger partial charge is 0.508 e. The highest BCUT2D eigenvalue weighted by Gasteiger charge is 2.57. The molecule has 4 aromatic rings. The molecule has 3 N–H and O–H groups in total. The number of benzene rings is 3. The summed E-state index contributed by atoms with van der Waals surface area (Å²) in [7, 11) is 0. The van der Waals surface area contributed by atoms with Crippen LogP contribution in [0.15, 0.2) is 72.8 Å². The number of nitrogens with zero attached hydrogens (tertiary/aromatic N) is 1. The van der Waals surface area contributed by atoms with Gasteiger partial charge in [0.05, 0.1) is 5.60 Å². The van der Waals surface area contributed by atoms with Gasteiger partial charge >= 0.3 is 0 Å². The number of hydrogen-bond acceptors (Lipinski definition) is 3. The number of halogens is 1. The highest BCUT2D eigenvalue weighted by atomic mass is 35.5. The van der Waals surface area contributed by atoms with E-state index in [0.29, 0.717) is 24.4 Å². The molecule has 1 aromatic heterocycles. The number of nitrogens with one attached hydrogen (secondary N) is 1. The summed E-state index contributed by atoms with van der Waals surface area (Å²) in [6.45, 7) is 2.42. The zero-order chi connectivity index (χ0) is 23.3. The highest BCUT2D eigenvalue weighted by Crippen LogP contribution is 2.52. The minimum Gasteiger partial charge on any atom is -0.508 e. The average molecular weight is 473 g/mol. The summed E-state index contributed by atoms with van der Waals surface area (Å²) in [5, 5.41) is 24.6. The van der Waals surface area contributed by atoms with Crippen LogP contribution in [-0.2, 0) is 24.7 Å². The first-order valence-electron chi connectivity index (χ1n) is 12.0. The van der Waals surface area contributed by atoms with E-state index >= 15 is 0 Å². The van der Waals surface area contributed by atoms with Crippen LogP contribution in [0.3, 0.4) is 0 Å². The molecule has 4 nitrogen and oxygen atoms in total. The number of fused-ring (bicyclic) bond motifs is 4. The van der Waals surface area contributed by atoms with E-state index in [0.717, 1.165) is 42.4 Å². The first-order valence-corrected chi connectivity index (χ1v) is 12.4. The fourth-order valence-corrected chi connectivity index (χ4v) is 6.50. The van der Waals surface area contributed by atoms with Crippen LogP contribution in [0.1, 0.15) is 28.8 Å². The quantitative estimate of drug-likeness (QED) is 0.380. The second-order valence-corrected chi connectivity index (χ2v) is 10.5. The van der Waals surface area contributed by atoms with Crippen LogP contribution in [0.25, 0.3) is 10.9 Å². The average Bonchev–Trinajstić information content (AvgIpc) is 3.17. The second kappa shape index (κ2) is 8.16. The van der Waals surface area contributed by atoms with Gasteiger partial charge in [0.2, 0.25) is 0 Å². The van der Waals surface area contributed by atoms with Crippen molar-refractivity contribution in [3.8, 4) is 5.75 Å². The van der Waals surface area contributed by atoms with E-state index in [-0.39, 0.29) is 5.75 Å². The first-order chi connectivity index (χ1) is 16.5. The molecule has 0 saturated carbocycles. The van der Waals surface area contributed by atoms with Gasteiger partial charge in [-0.05, 0) is 66.4 Å². The van der Waals surface area contributed by atoms with Crippen LogP contribution in [0, 0.1) is 0 Å². The Hall–Kier alpha value is -2.79. The standard InChI is InChI=1S/C29H29ClN2O2/c30-22-9-10-26-24(16-22)25-17-29(34)19-32(13-11-20-5-2-1-3-6-20)14-12-28(29,18-27(25)31-26)21-7-4-8-23(33)15-21/h1-10,15-16,31,33-34H,11-14,17-19H2/t28-,29-/m0/s1. The minimum absolute atomic E-state index is 0.245. The number of phenolic OH excluding ortho intramolecular Hbond substituents is 1. The number of aliphatic hydroxyl groups is 1. The smallest absolute Gasteiger partial charge is 0.115 e. The van der Waals surface area contributed by atoms with Gasteiger partial charge in [-0.15, -0.1) is 0 Å². The molecule has 1 fully saturated rings. The predicted octanol–water partition coefficient (Wildman–Crippen LogP) is 5.24. The molecule has 6 rings (SSSR count). The maximum atomic E-state index is 12.5. The second-order valence-electron chi connectivity index (χ2n) is 10.1. The number of piperidine rings is 1. The minimum atomic E-state index is -0.958. The van der Waals surface area contributed by atoms with Crippen LogP contribution in [-0.4, -0.2) is 45.3 Å². The summed E-state index contributed by atoms with van der Waals surface area (Å²) >= 11 is 6.34. The number of phenols is 1. The number of aromatic hydroxyl groups is 1. The first kappa shape index (κ1) is 21.7. The van der Waals surface area contributed by atoms with Gasteiger partial charge < -0.3 is 20.1 Å². The highest BCUT2D eigenvalue weighted by molar-refractivity contribution is 6.31. The number of likely N-dealkylation sites (tertiary alicyclic amines) is 1. The topological polar surface area (TPSA) is 59.5 Å². The van der Waals surface area contributed by atoms with E-state index in [1.807, 2.05) is 36.4 Å². The number of aromatic nitrogens is 1. The van der Waals surface area contributed by atoms with Crippen molar-refractivity contribution in [1.29, 1.82) is 0 Å². The third-order valence-corrected chi connectivity index (χ3v) is 8.33. The number of β-amino-alcohol motifs (C(OH)–C–C–N with tert-alkyl or cyclic N) is 1. The molecule has 1 aliphatic heterocycles. The summed E-state index contributed by atoms with van der Waals surface area (Å²) in [6.07, 6.45) is 3.06. The van der Waals surface area contributed by atoms with Crippen molar-refractivity contribution in [3.63, 3.8) is 0 Å². The zero-order valence-corrected chi connectivity index (χ0v) is 19.9. The Labute approximate surface area is 204 Å². The molecule has 174 valence electrons. The van der Waals surface area contributed by atoms with Crippen molar-refractivity contribution in [2.75, 3.05) is 19.6 Å². The van der Waals surface area contributed by atoms with E-state index in [4.69, 9.17) is 11.6 Å². The molecule has 5 heteroatoms. The molecule has 1 saturated heterocycles. The summed E-state index contributed by atoms with van der Waals surface area (Å²) in [5.74, 6) is 0.245. The van der Waals surface area contributed by atoms with Gasteiger partial charge in [0.1, 0.15) is 5.75 Å². The van der Waals surface area contributed by atoms with E-state index in [1.165, 1.54) is 16.8 Å². The molecule has 2 aliphatic rings. The van der Waals surface area contributed by atoms with Gasteiger partial charge in [-0.2, -0.15) is 0 Å². The molecule has 34 heavy (non-hydrogen) atoms. The van der Waals surface area contributed by atoms with E-state index < -0.39 is 11.0 Å². The molecular formula is C29H29ClN2O2. The lowest BCUT2D eigenvalue weighted by Gasteiger charge is -2.56. The monoisotopic (exact) mass is 472 g/mol. The Morgan fingerprint density at radius 3 is 2.65 bits per heavy atom. The molecule has 0 amide bonds. The van der Waals surface area contributed by atoms with Gasteiger partial charge in [-0.25, -0.2) is 0 Å². The molecule has 2 atom stereocenters. The molecule has 3 aromatic carbocycles. The van der Waals surface area contributed by atoms with Crippen LogP contribution < -0.4 is 0 Å². The predicted molar refractivity (Wildman–Crippen MR) is 137 cm³/mol. The third kappa shape index (κ3) is 3.52. The fraction of sp³-hybridized carbons (Fsp3) is 0.310. The van der Waals surface area contributed by atoms with Crippen molar-refractivity contribution in [2.24, 2.45) is 0 Å². The number of aromatic amines is 1. The molecule has 0 radical (unpaired) electrons. The van der Waals surface area contributed by atoms with Gasteiger partial charge in [0.25, 0.3) is 0 Å². The molecular weight excluding hydrogens is 444 g/mol. The molecule has 0 unspecified atom stereocenters. The normalized spacial score (nSPS) is 24.6. The molecule has 2 heterocycles. The van der Waals surface area contributed by atoms with Gasteiger partial charge in [-0.3, -0.25) is 0 Å². The van der Waals surface area contributed by atoms with Crippen molar-refractivity contribution in [1.82, 2.24) is 9.88 Å². The molecule has 1 aliphatic carbocycles. The SMILES string of the molecule is Oc1cccc([C@@]23CCN(CCc4ccccc4)C[C@@]2(O)Cc2c([nH]c4ccc(Cl)cc24)C3)c1. The summed E-state index contributed by atoms with van der Waals surface area (Å²) in [4.78, 5) is 6.02. The zero-order valence-electron chi connectivity index (χ0n) is 19.1. The van der Waals surface area contributed by atoms with Crippen LogP contribution in [0.5, 0.6) is 5.75 Å². The van der Waals surface area contributed by atoms with Crippen molar-refractivity contribution in [2.45, 2.75) is 36.7 Å². The number of rotatable bonds is 4. The maximum absolute atomic E-state index is 12.5. The lowest BCUT2D eigenvalue weighted by atomic mass is 9.56. The van der Waals surface area contributed by atoms with Gasteiger partial charge in [0, 0.05) is 53.0 Å². The number of H-pyrrole nitrogens is 1. The van der Waals surface area contributed by atoms with Crippen LogP contribution in [0.4, 0.5) is 0 Å². The lowest BCUT2D eigenvalue weighted by Crippen LogP contribution is -2.66. The molecule has 0 bridgehead atoms. The Balaban J connectivity index is 1.40. The van der Waals surface area contributed by atoms with E-state index in [2.05, 4.69) is 40.2 Å². The van der Waals surface area contributed by atoms with E-state index in [1.54, 1.807) is 6.07 Å². The van der Waals surface area contributed by atoms with Crippen molar-refractivity contribution in [3.05, 3.63) is 100 Å². The van der Waals surface area contributed by atoms with E-state index in [9.17, 15) is 10.2 Å². The van der Waals surface area contributed by atoms with Crippen molar-refractivity contribution < 1.29 is 10.2 Å². The van der Waals surface area contributed by atoms with Gasteiger partial charge in [0.15, 0.2) is 0 Å². The van der Waals surface area contributed by atoms with Crippen LogP contribution in [0.2, 0.25) is 5.02 Å². The van der Waals surface area contributed by atoms with Gasteiger partial charge in [-0.1, -0.05) is 54.1 Å². The summed E-state index contributed by atoms with van der Waals surface area (Å²) in [5.41, 5.74) is 4.30. The lowest BCUT2D eigenvalue weighted by molar-refractivity contribution is -0.102. The third-order valence-electron chi connectivity index (χ3n) is 8.09. The Bertz CT molecular complexity index is 1350. The van der Waals surface area contributed by atoms with Crippen LogP contribution >= 0.6 is 11.6 Å². The summed E-state index contributed by atoms with van der Waals surface area (Å²) < 4.78 is 0. The maximum Gasteiger partial charge on any atom is 0.115 e. The number of hydrogen-bond donors (Lipinski definition) is 3. The summed E-state index contributed by atoms with van der Waals surface area (Å²) in [6, 6.07) is 24.0.